The summed E-state index contributed by atoms with van der Waals surface area (Å²) in [7, 11) is -3.90. The van der Waals surface area contributed by atoms with Crippen molar-refractivity contribution >= 4 is 10.0 Å². The SMILES string of the molecule is Cc1ccc(CN)cc1S(=O)(=O)NCC(F)F. The molecular weight excluding hydrogens is 250 g/mol. The molecule has 0 bridgehead atoms. The fourth-order valence-corrected chi connectivity index (χ4v) is 2.61. The van der Waals surface area contributed by atoms with Crippen LogP contribution in [0.15, 0.2) is 23.1 Å². The summed E-state index contributed by atoms with van der Waals surface area (Å²) in [6.45, 7) is 0.892. The molecular formula is C10H14F2N2O2S. The van der Waals surface area contributed by atoms with E-state index in [9.17, 15) is 17.2 Å². The van der Waals surface area contributed by atoms with Crippen molar-refractivity contribution in [3.63, 3.8) is 0 Å². The lowest BCUT2D eigenvalue weighted by molar-refractivity contribution is 0.153. The van der Waals surface area contributed by atoms with Crippen LogP contribution in [0.4, 0.5) is 8.78 Å². The van der Waals surface area contributed by atoms with Crippen LogP contribution >= 0.6 is 0 Å². The van der Waals surface area contributed by atoms with E-state index in [1.807, 2.05) is 4.72 Å². The fraction of sp³-hybridized carbons (Fsp3) is 0.400. The van der Waals surface area contributed by atoms with Gasteiger partial charge in [0.05, 0.1) is 11.4 Å². The number of halogens is 2. The minimum atomic E-state index is -3.90. The van der Waals surface area contributed by atoms with Crippen LogP contribution in [0.1, 0.15) is 11.1 Å². The summed E-state index contributed by atoms with van der Waals surface area (Å²) in [5, 5.41) is 0. The van der Waals surface area contributed by atoms with E-state index in [1.54, 1.807) is 19.1 Å². The van der Waals surface area contributed by atoms with Gasteiger partial charge in [0, 0.05) is 6.54 Å². The van der Waals surface area contributed by atoms with Crippen molar-refractivity contribution in [2.24, 2.45) is 5.73 Å². The molecule has 0 fully saturated rings. The van der Waals surface area contributed by atoms with Gasteiger partial charge in [-0.25, -0.2) is 21.9 Å². The smallest absolute Gasteiger partial charge is 0.251 e. The molecule has 0 aliphatic rings. The van der Waals surface area contributed by atoms with Gasteiger partial charge in [-0.3, -0.25) is 0 Å². The molecule has 0 saturated carbocycles. The van der Waals surface area contributed by atoms with E-state index in [0.717, 1.165) is 0 Å². The molecule has 0 radical (unpaired) electrons. The average Bonchev–Trinajstić information content (AvgIpc) is 2.27. The Morgan fingerprint density at radius 1 is 1.41 bits per heavy atom. The largest absolute Gasteiger partial charge is 0.326 e. The van der Waals surface area contributed by atoms with Gasteiger partial charge in [0.15, 0.2) is 0 Å². The molecule has 0 saturated heterocycles. The van der Waals surface area contributed by atoms with E-state index >= 15 is 0 Å². The van der Waals surface area contributed by atoms with Gasteiger partial charge in [-0.2, -0.15) is 0 Å². The molecule has 4 nitrogen and oxygen atoms in total. The molecule has 1 rings (SSSR count). The second kappa shape index (κ2) is 5.52. The van der Waals surface area contributed by atoms with Crippen LogP contribution in [-0.4, -0.2) is 21.4 Å². The lowest BCUT2D eigenvalue weighted by Crippen LogP contribution is -2.29. The molecule has 1 aromatic rings. The Labute approximate surface area is 98.9 Å². The standard InChI is InChI=1S/C10H14F2N2O2S/c1-7-2-3-8(5-13)4-9(7)17(15,16)14-6-10(11)12/h2-4,10,14H,5-6,13H2,1H3. The van der Waals surface area contributed by atoms with E-state index < -0.39 is 23.0 Å². The first-order chi connectivity index (χ1) is 7.86. The highest BCUT2D eigenvalue weighted by atomic mass is 32.2. The molecule has 1 aromatic carbocycles. The Hall–Kier alpha value is -1.05. The van der Waals surface area contributed by atoms with Crippen molar-refractivity contribution < 1.29 is 17.2 Å². The van der Waals surface area contributed by atoms with Gasteiger partial charge in [-0.05, 0) is 24.1 Å². The van der Waals surface area contributed by atoms with Crippen molar-refractivity contribution in [3.8, 4) is 0 Å². The zero-order chi connectivity index (χ0) is 13.1. The highest BCUT2D eigenvalue weighted by Crippen LogP contribution is 2.16. The van der Waals surface area contributed by atoms with Crippen LogP contribution in [0.3, 0.4) is 0 Å². The van der Waals surface area contributed by atoms with Gasteiger partial charge in [-0.1, -0.05) is 12.1 Å². The quantitative estimate of drug-likeness (QED) is 0.833. The topological polar surface area (TPSA) is 72.2 Å². The molecule has 17 heavy (non-hydrogen) atoms. The van der Waals surface area contributed by atoms with Crippen LogP contribution in [0.2, 0.25) is 0 Å². The highest BCUT2D eigenvalue weighted by molar-refractivity contribution is 7.89. The number of hydrogen-bond acceptors (Lipinski definition) is 3. The predicted molar refractivity (Wildman–Crippen MR) is 60.3 cm³/mol. The minimum absolute atomic E-state index is 0.0129. The fourth-order valence-electron chi connectivity index (χ4n) is 1.31. The number of benzene rings is 1. The van der Waals surface area contributed by atoms with E-state index in [-0.39, 0.29) is 11.4 Å². The Kier molecular flexibility index (Phi) is 4.55. The van der Waals surface area contributed by atoms with Crippen LogP contribution < -0.4 is 10.5 Å². The van der Waals surface area contributed by atoms with E-state index in [0.29, 0.717) is 11.1 Å². The third kappa shape index (κ3) is 3.72. The molecule has 0 aromatic heterocycles. The van der Waals surface area contributed by atoms with Crippen molar-refractivity contribution in [2.45, 2.75) is 24.8 Å². The van der Waals surface area contributed by atoms with E-state index in [4.69, 9.17) is 5.73 Å². The van der Waals surface area contributed by atoms with Gasteiger partial charge in [0.25, 0.3) is 6.43 Å². The lowest BCUT2D eigenvalue weighted by Gasteiger charge is -2.10. The monoisotopic (exact) mass is 264 g/mol. The number of nitrogens with one attached hydrogen (secondary N) is 1. The third-order valence-corrected chi connectivity index (χ3v) is 3.77. The molecule has 0 spiro atoms. The number of hydrogen-bond donors (Lipinski definition) is 2. The van der Waals surface area contributed by atoms with Gasteiger partial charge >= 0.3 is 0 Å². The molecule has 7 heteroatoms. The number of alkyl halides is 2. The average molecular weight is 264 g/mol. The number of sulfonamides is 1. The summed E-state index contributed by atoms with van der Waals surface area (Å²) in [5.41, 5.74) is 6.52. The second-order valence-corrected chi connectivity index (χ2v) is 5.28. The molecule has 0 unspecified atom stereocenters. The molecule has 0 aliphatic heterocycles. The Morgan fingerprint density at radius 2 is 2.06 bits per heavy atom. The van der Waals surface area contributed by atoms with Gasteiger partial charge in [0.1, 0.15) is 0 Å². The second-order valence-electron chi connectivity index (χ2n) is 3.55. The van der Waals surface area contributed by atoms with Crippen LogP contribution in [0.5, 0.6) is 0 Å². The summed E-state index contributed by atoms with van der Waals surface area (Å²) in [5.74, 6) is 0. The maximum absolute atomic E-state index is 12.0. The minimum Gasteiger partial charge on any atom is -0.326 e. The van der Waals surface area contributed by atoms with Crippen molar-refractivity contribution in [3.05, 3.63) is 29.3 Å². The highest BCUT2D eigenvalue weighted by Gasteiger charge is 2.18. The zero-order valence-electron chi connectivity index (χ0n) is 9.28. The van der Waals surface area contributed by atoms with Gasteiger partial charge in [-0.15, -0.1) is 0 Å². The number of rotatable bonds is 5. The first kappa shape index (κ1) is 14.0. The number of nitrogens with two attached hydrogens (primary N) is 1. The first-order valence-electron chi connectivity index (χ1n) is 4.94. The summed E-state index contributed by atoms with van der Waals surface area (Å²) >= 11 is 0. The van der Waals surface area contributed by atoms with Crippen LogP contribution in [0, 0.1) is 6.92 Å². The van der Waals surface area contributed by atoms with Gasteiger partial charge in [0.2, 0.25) is 10.0 Å². The lowest BCUT2D eigenvalue weighted by atomic mass is 10.1. The summed E-state index contributed by atoms with van der Waals surface area (Å²) in [4.78, 5) is -0.0129. The zero-order valence-corrected chi connectivity index (χ0v) is 10.1. The maximum atomic E-state index is 12.0. The third-order valence-electron chi connectivity index (χ3n) is 2.21. The summed E-state index contributed by atoms with van der Waals surface area (Å²) < 4.78 is 49.3. The van der Waals surface area contributed by atoms with E-state index in [2.05, 4.69) is 0 Å². The summed E-state index contributed by atoms with van der Waals surface area (Å²) in [6, 6.07) is 4.68. The van der Waals surface area contributed by atoms with Crippen molar-refractivity contribution in [1.82, 2.24) is 4.72 Å². The first-order valence-corrected chi connectivity index (χ1v) is 6.42. The molecule has 96 valence electrons. The van der Waals surface area contributed by atoms with Crippen molar-refractivity contribution in [1.29, 1.82) is 0 Å². The maximum Gasteiger partial charge on any atom is 0.251 e. The normalized spacial score (nSPS) is 12.1. The molecule has 0 aliphatic carbocycles. The van der Waals surface area contributed by atoms with Crippen molar-refractivity contribution in [2.75, 3.05) is 6.54 Å². The molecule has 0 atom stereocenters. The van der Waals surface area contributed by atoms with Gasteiger partial charge < -0.3 is 5.73 Å². The summed E-state index contributed by atoms with van der Waals surface area (Å²) in [6.07, 6.45) is -2.72. The van der Waals surface area contributed by atoms with E-state index in [1.165, 1.54) is 6.07 Å². The molecule has 0 heterocycles. The molecule has 0 amide bonds. The Bertz CT molecular complexity index is 489. The van der Waals surface area contributed by atoms with Crippen LogP contribution in [0.25, 0.3) is 0 Å². The predicted octanol–water partition coefficient (Wildman–Crippen LogP) is 0.997. The number of aryl methyl sites for hydroxylation is 1. The van der Waals surface area contributed by atoms with Crippen LogP contribution in [-0.2, 0) is 16.6 Å². The molecule has 3 N–H and O–H groups in total. The Morgan fingerprint density at radius 3 is 2.59 bits per heavy atom. The Balaban J connectivity index is 3.05.